The Labute approximate surface area is 141 Å². The van der Waals surface area contributed by atoms with Crippen LogP contribution in [-0.2, 0) is 0 Å². The van der Waals surface area contributed by atoms with Crippen LogP contribution in [0.15, 0.2) is 30.3 Å². The summed E-state index contributed by atoms with van der Waals surface area (Å²) in [6.07, 6.45) is 0. The van der Waals surface area contributed by atoms with E-state index in [0.29, 0.717) is 16.4 Å². The van der Waals surface area contributed by atoms with Crippen LogP contribution in [0.3, 0.4) is 0 Å². The summed E-state index contributed by atoms with van der Waals surface area (Å²) in [4.78, 5) is 15.6. The highest BCUT2D eigenvalue weighted by atomic mass is 35.5. The summed E-state index contributed by atoms with van der Waals surface area (Å²) in [5, 5.41) is 15.5. The Kier molecular flexibility index (Phi) is 4.06. The number of aromatic nitrogens is 3. The van der Waals surface area contributed by atoms with Crippen molar-refractivity contribution in [3.8, 4) is 21.7 Å². The van der Waals surface area contributed by atoms with E-state index in [1.807, 2.05) is 19.9 Å². The van der Waals surface area contributed by atoms with Crippen LogP contribution in [0.5, 0.6) is 0 Å². The topological polar surface area (TPSA) is 81.8 Å². The molecule has 0 spiro atoms. The van der Waals surface area contributed by atoms with Crippen molar-refractivity contribution >= 4 is 28.8 Å². The third kappa shape index (κ3) is 2.93. The molecule has 0 atom stereocenters. The SMILES string of the molecule is Cc1cc(C)c(-c2snnc2-c2cccc([N+](=O)[O-])c2)c(Cl)n1. The Morgan fingerprint density at radius 1 is 1.26 bits per heavy atom. The van der Waals surface area contributed by atoms with Crippen molar-refractivity contribution in [1.29, 1.82) is 0 Å². The Hall–Kier alpha value is -2.38. The average molecular weight is 347 g/mol. The third-order valence-electron chi connectivity index (χ3n) is 3.35. The van der Waals surface area contributed by atoms with Crippen LogP contribution in [0.25, 0.3) is 21.7 Å². The molecule has 8 heteroatoms. The van der Waals surface area contributed by atoms with Gasteiger partial charge >= 0.3 is 0 Å². The van der Waals surface area contributed by atoms with Gasteiger partial charge in [-0.2, -0.15) is 0 Å². The van der Waals surface area contributed by atoms with Crippen LogP contribution in [0.2, 0.25) is 5.15 Å². The molecule has 0 aliphatic heterocycles. The second-order valence-electron chi connectivity index (χ2n) is 5.00. The number of nitro benzene ring substituents is 1. The monoisotopic (exact) mass is 346 g/mol. The van der Waals surface area contributed by atoms with Gasteiger partial charge in [0.2, 0.25) is 0 Å². The van der Waals surface area contributed by atoms with Gasteiger partial charge in [0.1, 0.15) is 10.8 Å². The highest BCUT2D eigenvalue weighted by molar-refractivity contribution is 7.10. The molecule has 3 aromatic rings. The maximum atomic E-state index is 11.0. The van der Waals surface area contributed by atoms with Gasteiger partial charge in [-0.15, -0.1) is 5.10 Å². The highest BCUT2D eigenvalue weighted by Gasteiger charge is 2.19. The molecule has 0 fully saturated rings. The van der Waals surface area contributed by atoms with Crippen LogP contribution < -0.4 is 0 Å². The number of benzene rings is 1. The van der Waals surface area contributed by atoms with Gasteiger partial charge in [-0.3, -0.25) is 10.1 Å². The molecule has 0 amide bonds. The van der Waals surface area contributed by atoms with Gasteiger partial charge in [0.05, 0.1) is 9.80 Å². The number of hydrogen-bond acceptors (Lipinski definition) is 6. The summed E-state index contributed by atoms with van der Waals surface area (Å²) in [6.45, 7) is 3.81. The summed E-state index contributed by atoms with van der Waals surface area (Å²) in [6, 6.07) is 8.23. The Morgan fingerprint density at radius 2 is 2.04 bits per heavy atom. The van der Waals surface area contributed by atoms with Crippen LogP contribution in [0.4, 0.5) is 5.69 Å². The quantitative estimate of drug-likeness (QED) is 0.397. The first-order chi connectivity index (χ1) is 11.0. The van der Waals surface area contributed by atoms with Crippen molar-refractivity contribution in [3.05, 3.63) is 56.9 Å². The van der Waals surface area contributed by atoms with Gasteiger partial charge in [0.25, 0.3) is 5.69 Å². The molecule has 0 bridgehead atoms. The van der Waals surface area contributed by atoms with Crippen molar-refractivity contribution in [2.75, 3.05) is 0 Å². The van der Waals surface area contributed by atoms with Crippen LogP contribution >= 0.6 is 23.1 Å². The molecule has 0 saturated carbocycles. The number of non-ortho nitro benzene ring substituents is 1. The fraction of sp³-hybridized carbons (Fsp3) is 0.133. The van der Waals surface area contributed by atoms with Crippen molar-refractivity contribution in [2.24, 2.45) is 0 Å². The molecule has 0 unspecified atom stereocenters. The number of rotatable bonds is 3. The van der Waals surface area contributed by atoms with Crippen LogP contribution in [-0.4, -0.2) is 19.5 Å². The van der Waals surface area contributed by atoms with Crippen LogP contribution in [0, 0.1) is 24.0 Å². The van der Waals surface area contributed by atoms with Gasteiger partial charge in [-0.1, -0.05) is 28.2 Å². The van der Waals surface area contributed by atoms with Gasteiger partial charge in [-0.05, 0) is 37.0 Å². The Balaban J connectivity index is 2.18. The van der Waals surface area contributed by atoms with Gasteiger partial charge in [-0.25, -0.2) is 4.98 Å². The molecule has 116 valence electrons. The zero-order valence-electron chi connectivity index (χ0n) is 12.3. The van der Waals surface area contributed by atoms with E-state index in [-0.39, 0.29) is 5.69 Å². The lowest BCUT2D eigenvalue weighted by Gasteiger charge is -2.08. The van der Waals surface area contributed by atoms with E-state index in [1.165, 1.54) is 23.7 Å². The van der Waals surface area contributed by atoms with E-state index in [4.69, 9.17) is 11.6 Å². The number of nitro groups is 1. The number of nitrogens with zero attached hydrogens (tertiary/aromatic N) is 4. The molecule has 0 N–H and O–H groups in total. The van der Waals surface area contributed by atoms with E-state index in [2.05, 4.69) is 14.6 Å². The summed E-state index contributed by atoms with van der Waals surface area (Å²) in [5.41, 5.74) is 3.74. The predicted octanol–water partition coefficient (Wildman–Crippen LogP) is 4.45. The molecular formula is C15H11ClN4O2S. The van der Waals surface area contributed by atoms with Gasteiger partial charge in [0.15, 0.2) is 0 Å². The molecular weight excluding hydrogens is 336 g/mol. The maximum Gasteiger partial charge on any atom is 0.270 e. The largest absolute Gasteiger partial charge is 0.270 e. The third-order valence-corrected chi connectivity index (χ3v) is 4.36. The summed E-state index contributed by atoms with van der Waals surface area (Å²) in [7, 11) is 0. The number of pyridine rings is 1. The van der Waals surface area contributed by atoms with E-state index in [1.54, 1.807) is 12.1 Å². The van der Waals surface area contributed by atoms with Crippen molar-refractivity contribution in [3.63, 3.8) is 0 Å². The summed E-state index contributed by atoms with van der Waals surface area (Å²) in [5.74, 6) is 0. The van der Waals surface area contributed by atoms with Crippen molar-refractivity contribution < 1.29 is 4.92 Å². The van der Waals surface area contributed by atoms with E-state index >= 15 is 0 Å². The molecule has 23 heavy (non-hydrogen) atoms. The standard InChI is InChI=1S/C15H11ClN4O2S/c1-8-6-9(2)17-15(16)12(8)14-13(18-19-23-14)10-4-3-5-11(7-10)20(21)22/h3-7H,1-2H3. The molecule has 2 aromatic heterocycles. The fourth-order valence-corrected chi connectivity index (χ4v) is 3.61. The van der Waals surface area contributed by atoms with Gasteiger partial charge in [0, 0.05) is 29.0 Å². The smallest absolute Gasteiger partial charge is 0.258 e. The van der Waals surface area contributed by atoms with Crippen molar-refractivity contribution in [2.45, 2.75) is 13.8 Å². The number of aryl methyl sites for hydroxylation is 2. The lowest BCUT2D eigenvalue weighted by atomic mass is 10.0. The number of halogens is 1. The lowest BCUT2D eigenvalue weighted by Crippen LogP contribution is -1.92. The molecule has 0 radical (unpaired) electrons. The molecule has 3 rings (SSSR count). The van der Waals surface area contributed by atoms with Crippen molar-refractivity contribution in [1.82, 2.24) is 14.6 Å². The molecule has 0 aliphatic rings. The highest BCUT2D eigenvalue weighted by Crippen LogP contribution is 2.39. The first-order valence-corrected chi connectivity index (χ1v) is 7.84. The minimum atomic E-state index is -0.436. The number of hydrogen-bond donors (Lipinski definition) is 0. The maximum absolute atomic E-state index is 11.0. The second kappa shape index (κ2) is 6.02. The molecule has 0 saturated heterocycles. The predicted molar refractivity (Wildman–Crippen MR) is 89.7 cm³/mol. The zero-order chi connectivity index (χ0) is 16.6. The van der Waals surface area contributed by atoms with E-state index < -0.39 is 4.92 Å². The average Bonchev–Trinajstić information content (AvgIpc) is 2.95. The zero-order valence-corrected chi connectivity index (χ0v) is 13.9. The summed E-state index contributed by atoms with van der Waals surface area (Å²) < 4.78 is 3.99. The minimum Gasteiger partial charge on any atom is -0.258 e. The molecule has 6 nitrogen and oxygen atoms in total. The summed E-state index contributed by atoms with van der Waals surface area (Å²) >= 11 is 7.49. The fourth-order valence-electron chi connectivity index (χ4n) is 2.37. The molecule has 1 aromatic carbocycles. The van der Waals surface area contributed by atoms with Crippen LogP contribution in [0.1, 0.15) is 11.3 Å². The Bertz CT molecular complexity index is 887. The normalized spacial score (nSPS) is 10.7. The molecule has 0 aliphatic carbocycles. The second-order valence-corrected chi connectivity index (χ2v) is 6.12. The van der Waals surface area contributed by atoms with E-state index in [9.17, 15) is 10.1 Å². The first kappa shape index (κ1) is 15.5. The first-order valence-electron chi connectivity index (χ1n) is 6.68. The Morgan fingerprint density at radius 3 is 2.74 bits per heavy atom. The minimum absolute atomic E-state index is 0.00583. The van der Waals surface area contributed by atoms with E-state index in [0.717, 1.165) is 21.7 Å². The lowest BCUT2D eigenvalue weighted by molar-refractivity contribution is -0.384. The van der Waals surface area contributed by atoms with Gasteiger partial charge < -0.3 is 0 Å². The molecule has 2 heterocycles.